The lowest BCUT2D eigenvalue weighted by atomic mass is 10.1. The van der Waals surface area contributed by atoms with Crippen LogP contribution in [-0.4, -0.2) is 26.5 Å². The molecule has 6 nitrogen and oxygen atoms in total. The number of imidazole rings is 1. The van der Waals surface area contributed by atoms with Gasteiger partial charge < -0.3 is 14.3 Å². The van der Waals surface area contributed by atoms with Crippen LogP contribution in [0.2, 0.25) is 0 Å². The lowest BCUT2D eigenvalue weighted by Gasteiger charge is -2.24. The number of hydrogen-bond acceptors (Lipinski definition) is 5. The highest BCUT2D eigenvalue weighted by Gasteiger charge is 2.24. The number of thiophene rings is 1. The van der Waals surface area contributed by atoms with Gasteiger partial charge in [-0.05, 0) is 31.7 Å². The maximum atomic E-state index is 12.6. The molecule has 0 fully saturated rings. The van der Waals surface area contributed by atoms with Crippen LogP contribution in [0.15, 0.2) is 28.1 Å². The molecule has 1 N–H and O–H groups in total. The molecule has 0 bridgehead atoms. The first-order valence-corrected chi connectivity index (χ1v) is 8.83. The first kappa shape index (κ1) is 15.1. The number of aryl methyl sites for hydroxylation is 3. The van der Waals surface area contributed by atoms with Gasteiger partial charge in [0.25, 0.3) is 5.91 Å². The first-order valence-electron chi connectivity index (χ1n) is 7.95. The van der Waals surface area contributed by atoms with Crippen molar-refractivity contribution in [2.75, 3.05) is 0 Å². The number of nitrogens with one attached hydrogen (secondary N) is 1. The van der Waals surface area contributed by atoms with Crippen molar-refractivity contribution in [3.05, 3.63) is 46.7 Å². The Balaban J connectivity index is 1.49. The Morgan fingerprint density at radius 3 is 3.08 bits per heavy atom. The number of carbonyl (C=O) groups is 1. The van der Waals surface area contributed by atoms with Crippen molar-refractivity contribution in [3.8, 4) is 10.8 Å². The summed E-state index contributed by atoms with van der Waals surface area (Å²) >= 11 is 1.54. The van der Waals surface area contributed by atoms with E-state index >= 15 is 0 Å². The summed E-state index contributed by atoms with van der Waals surface area (Å²) in [6.45, 7) is 4.51. The smallest absolute Gasteiger partial charge is 0.273 e. The molecule has 24 heavy (non-hydrogen) atoms. The maximum Gasteiger partial charge on any atom is 0.273 e. The van der Waals surface area contributed by atoms with Crippen molar-refractivity contribution in [1.29, 1.82) is 0 Å². The third-order valence-electron chi connectivity index (χ3n) is 4.19. The monoisotopic (exact) mass is 342 g/mol. The van der Waals surface area contributed by atoms with Crippen LogP contribution in [0.25, 0.3) is 10.8 Å². The summed E-state index contributed by atoms with van der Waals surface area (Å²) in [5.41, 5.74) is 1.39. The van der Waals surface area contributed by atoms with Gasteiger partial charge in [0.05, 0.1) is 10.6 Å². The molecule has 0 saturated heterocycles. The Labute approximate surface area is 143 Å². The molecule has 124 valence electrons. The van der Waals surface area contributed by atoms with Crippen LogP contribution in [0, 0.1) is 13.8 Å². The topological polar surface area (TPSA) is 73.0 Å². The van der Waals surface area contributed by atoms with Gasteiger partial charge in [-0.2, -0.15) is 0 Å². The average Bonchev–Trinajstić information content (AvgIpc) is 3.24. The van der Waals surface area contributed by atoms with E-state index in [1.807, 2.05) is 30.6 Å². The predicted octanol–water partition coefficient (Wildman–Crippen LogP) is 2.96. The fourth-order valence-electron chi connectivity index (χ4n) is 3.07. The van der Waals surface area contributed by atoms with Crippen molar-refractivity contribution < 1.29 is 9.21 Å². The number of amides is 1. The highest BCUT2D eigenvalue weighted by Crippen LogP contribution is 2.26. The summed E-state index contributed by atoms with van der Waals surface area (Å²) < 4.78 is 7.77. The highest BCUT2D eigenvalue weighted by molar-refractivity contribution is 7.13. The molecule has 1 aliphatic heterocycles. The minimum Gasteiger partial charge on any atom is -0.440 e. The lowest BCUT2D eigenvalue weighted by Crippen LogP contribution is -2.41. The van der Waals surface area contributed by atoms with Gasteiger partial charge in [0.1, 0.15) is 11.6 Å². The van der Waals surface area contributed by atoms with E-state index < -0.39 is 0 Å². The second kappa shape index (κ2) is 5.90. The van der Waals surface area contributed by atoms with Crippen molar-refractivity contribution >= 4 is 17.2 Å². The van der Waals surface area contributed by atoms with Gasteiger partial charge in [-0.15, -0.1) is 11.3 Å². The number of rotatable bonds is 3. The molecule has 3 aromatic rings. The Morgan fingerprint density at radius 2 is 2.29 bits per heavy atom. The third-order valence-corrected chi connectivity index (χ3v) is 5.05. The summed E-state index contributed by atoms with van der Waals surface area (Å²) in [4.78, 5) is 22.4. The van der Waals surface area contributed by atoms with E-state index in [0.717, 1.165) is 35.8 Å². The van der Waals surface area contributed by atoms with Crippen LogP contribution in [0.1, 0.15) is 34.2 Å². The number of aromatic nitrogens is 3. The fourth-order valence-corrected chi connectivity index (χ4v) is 3.72. The summed E-state index contributed by atoms with van der Waals surface area (Å²) in [5, 5.41) is 5.04. The van der Waals surface area contributed by atoms with Crippen LogP contribution in [0.4, 0.5) is 0 Å². The summed E-state index contributed by atoms with van der Waals surface area (Å²) in [5.74, 6) is 1.97. The zero-order valence-corrected chi connectivity index (χ0v) is 14.4. The Morgan fingerprint density at radius 1 is 1.42 bits per heavy atom. The van der Waals surface area contributed by atoms with E-state index in [2.05, 4.69) is 19.9 Å². The molecule has 0 radical (unpaired) electrons. The number of oxazole rings is 1. The number of fused-ring (bicyclic) bond motifs is 1. The Bertz CT molecular complexity index is 879. The minimum absolute atomic E-state index is 0.0832. The zero-order chi connectivity index (χ0) is 16.7. The van der Waals surface area contributed by atoms with Gasteiger partial charge in [-0.1, -0.05) is 6.07 Å². The summed E-state index contributed by atoms with van der Waals surface area (Å²) in [7, 11) is 0. The molecule has 1 amide bonds. The van der Waals surface area contributed by atoms with Crippen LogP contribution >= 0.6 is 11.3 Å². The molecule has 0 saturated carbocycles. The summed E-state index contributed by atoms with van der Waals surface area (Å²) in [6, 6.07) is 3.95. The first-order chi connectivity index (χ1) is 11.6. The van der Waals surface area contributed by atoms with Crippen LogP contribution in [0.5, 0.6) is 0 Å². The van der Waals surface area contributed by atoms with E-state index in [9.17, 15) is 4.79 Å². The van der Waals surface area contributed by atoms with Crippen molar-refractivity contribution in [3.63, 3.8) is 0 Å². The van der Waals surface area contributed by atoms with Gasteiger partial charge >= 0.3 is 0 Å². The van der Waals surface area contributed by atoms with Crippen LogP contribution in [-0.2, 0) is 13.0 Å². The molecule has 4 rings (SSSR count). The zero-order valence-electron chi connectivity index (χ0n) is 13.6. The third kappa shape index (κ3) is 2.75. The molecular formula is C17H18N4O2S. The van der Waals surface area contributed by atoms with E-state index in [4.69, 9.17) is 4.42 Å². The number of hydrogen-bond donors (Lipinski definition) is 1. The molecule has 1 atom stereocenters. The van der Waals surface area contributed by atoms with Crippen molar-refractivity contribution in [2.45, 2.75) is 39.3 Å². The fraction of sp³-hybridized carbons (Fsp3) is 0.353. The van der Waals surface area contributed by atoms with Gasteiger partial charge in [0, 0.05) is 25.2 Å². The van der Waals surface area contributed by atoms with Crippen molar-refractivity contribution in [1.82, 2.24) is 19.9 Å². The molecule has 7 heteroatoms. The van der Waals surface area contributed by atoms with Gasteiger partial charge in [-0.25, -0.2) is 9.97 Å². The lowest BCUT2D eigenvalue weighted by molar-refractivity contribution is 0.0921. The average molecular weight is 342 g/mol. The van der Waals surface area contributed by atoms with E-state index in [1.165, 1.54) is 0 Å². The van der Waals surface area contributed by atoms with E-state index in [0.29, 0.717) is 17.3 Å². The molecular weight excluding hydrogens is 324 g/mol. The van der Waals surface area contributed by atoms with Gasteiger partial charge in [0.15, 0.2) is 5.69 Å². The standard InChI is InChI=1S/C17H18N4O2S/c1-10-8-21-9-12(5-6-14(21)18-10)19-16(22)15-11(2)23-17(20-15)13-4-3-7-24-13/h3-4,7-8,12H,5-6,9H2,1-2H3,(H,19,22)/t12-/m0/s1. The van der Waals surface area contributed by atoms with Gasteiger partial charge in [0.2, 0.25) is 5.89 Å². The molecule has 1 aliphatic rings. The predicted molar refractivity (Wildman–Crippen MR) is 91.1 cm³/mol. The minimum atomic E-state index is -0.177. The molecule has 0 aromatic carbocycles. The van der Waals surface area contributed by atoms with Crippen LogP contribution in [0.3, 0.4) is 0 Å². The molecule has 0 aliphatic carbocycles. The maximum absolute atomic E-state index is 12.6. The summed E-state index contributed by atoms with van der Waals surface area (Å²) in [6.07, 6.45) is 3.79. The number of nitrogens with zero attached hydrogens (tertiary/aromatic N) is 3. The number of carbonyl (C=O) groups excluding carboxylic acids is 1. The highest BCUT2D eigenvalue weighted by atomic mass is 32.1. The molecule has 3 aromatic heterocycles. The van der Waals surface area contributed by atoms with Crippen molar-refractivity contribution in [2.24, 2.45) is 0 Å². The van der Waals surface area contributed by atoms with E-state index in [1.54, 1.807) is 18.3 Å². The van der Waals surface area contributed by atoms with Gasteiger partial charge in [-0.3, -0.25) is 4.79 Å². The molecule has 4 heterocycles. The van der Waals surface area contributed by atoms with E-state index in [-0.39, 0.29) is 11.9 Å². The largest absolute Gasteiger partial charge is 0.440 e. The normalized spacial score (nSPS) is 16.8. The quantitative estimate of drug-likeness (QED) is 0.794. The van der Waals surface area contributed by atoms with Crippen LogP contribution < -0.4 is 5.32 Å². The second-order valence-electron chi connectivity index (χ2n) is 6.06. The molecule has 0 spiro atoms. The Hall–Kier alpha value is -2.41. The SMILES string of the molecule is Cc1cn2c(n1)CC[C@H](NC(=O)c1nc(-c3cccs3)oc1C)C2. The molecule has 0 unspecified atom stereocenters. The Kier molecular flexibility index (Phi) is 3.72. The second-order valence-corrected chi connectivity index (χ2v) is 7.01.